The average Bonchev–Trinajstić information content (AvgIpc) is 3.39. The maximum absolute atomic E-state index is 12.7. The van der Waals surface area contributed by atoms with Crippen molar-refractivity contribution in [2.45, 2.75) is 30.7 Å². The van der Waals surface area contributed by atoms with Gasteiger partial charge < -0.3 is 4.90 Å². The Bertz CT molecular complexity index is 1020. The van der Waals surface area contributed by atoms with E-state index in [1.54, 1.807) is 41.3 Å². The second-order valence-corrected chi connectivity index (χ2v) is 9.48. The molecule has 1 aliphatic carbocycles. The molecule has 1 heterocycles. The highest BCUT2D eigenvalue weighted by atomic mass is 35.5. The van der Waals surface area contributed by atoms with Gasteiger partial charge in [-0.3, -0.25) is 4.79 Å². The van der Waals surface area contributed by atoms with Crippen LogP contribution in [0.3, 0.4) is 0 Å². The fourth-order valence-corrected chi connectivity index (χ4v) is 4.78. The molecule has 142 valence electrons. The lowest BCUT2D eigenvalue weighted by Gasteiger charge is -2.17. The number of hydrogen-bond donors (Lipinski definition) is 1. The predicted molar refractivity (Wildman–Crippen MR) is 106 cm³/mol. The number of carbonyl (C=O) groups is 1. The molecule has 1 saturated carbocycles. The van der Waals surface area contributed by atoms with Crippen LogP contribution in [-0.4, -0.2) is 20.9 Å². The van der Waals surface area contributed by atoms with Crippen molar-refractivity contribution in [2.75, 3.05) is 11.4 Å². The van der Waals surface area contributed by atoms with Crippen molar-refractivity contribution in [3.63, 3.8) is 0 Å². The third kappa shape index (κ3) is 3.85. The van der Waals surface area contributed by atoms with Gasteiger partial charge in [-0.1, -0.05) is 29.3 Å². The van der Waals surface area contributed by atoms with Gasteiger partial charge in [0.15, 0.2) is 0 Å². The van der Waals surface area contributed by atoms with E-state index in [-0.39, 0.29) is 23.3 Å². The van der Waals surface area contributed by atoms with E-state index in [4.69, 9.17) is 23.2 Å². The van der Waals surface area contributed by atoms with Gasteiger partial charge in [0.2, 0.25) is 15.9 Å². The summed E-state index contributed by atoms with van der Waals surface area (Å²) in [6, 6.07) is 9.86. The van der Waals surface area contributed by atoms with Crippen LogP contribution in [0.5, 0.6) is 0 Å². The molecule has 27 heavy (non-hydrogen) atoms. The highest BCUT2D eigenvalue weighted by Crippen LogP contribution is 2.37. The number of sulfonamides is 1. The molecule has 0 unspecified atom stereocenters. The van der Waals surface area contributed by atoms with Gasteiger partial charge in [-0.25, -0.2) is 13.1 Å². The Morgan fingerprint density at radius 2 is 1.93 bits per heavy atom. The van der Waals surface area contributed by atoms with Crippen LogP contribution in [0.15, 0.2) is 41.3 Å². The fraction of sp³-hybridized carbons (Fsp3) is 0.316. The molecule has 0 radical (unpaired) electrons. The molecule has 8 heteroatoms. The molecule has 0 bridgehead atoms. The zero-order chi connectivity index (χ0) is 19.2. The molecular formula is C19H18Cl2N2O3S. The maximum atomic E-state index is 12.7. The van der Waals surface area contributed by atoms with Crippen molar-refractivity contribution in [2.24, 2.45) is 5.92 Å². The number of nitrogens with one attached hydrogen (secondary N) is 1. The number of fused-ring (bicyclic) bond motifs is 1. The fourth-order valence-electron chi connectivity index (χ4n) is 3.25. The minimum Gasteiger partial charge on any atom is -0.312 e. The largest absolute Gasteiger partial charge is 0.312 e. The van der Waals surface area contributed by atoms with Gasteiger partial charge in [-0.05, 0) is 60.7 Å². The van der Waals surface area contributed by atoms with Crippen molar-refractivity contribution in [1.82, 2.24) is 4.72 Å². The van der Waals surface area contributed by atoms with Gasteiger partial charge in [0, 0.05) is 34.7 Å². The van der Waals surface area contributed by atoms with E-state index in [0.29, 0.717) is 28.6 Å². The Balaban J connectivity index is 1.51. The molecule has 1 fully saturated rings. The summed E-state index contributed by atoms with van der Waals surface area (Å²) in [5.74, 6) is 0.296. The molecule has 0 aromatic heterocycles. The molecular weight excluding hydrogens is 407 g/mol. The van der Waals surface area contributed by atoms with Crippen molar-refractivity contribution in [1.29, 1.82) is 0 Å². The Morgan fingerprint density at radius 1 is 1.15 bits per heavy atom. The van der Waals surface area contributed by atoms with Crippen LogP contribution in [0.1, 0.15) is 24.0 Å². The first-order valence-electron chi connectivity index (χ1n) is 8.73. The predicted octanol–water partition coefficient (Wildman–Crippen LogP) is 3.77. The van der Waals surface area contributed by atoms with Crippen molar-refractivity contribution in [3.05, 3.63) is 57.6 Å². The Morgan fingerprint density at radius 3 is 2.63 bits per heavy atom. The maximum Gasteiger partial charge on any atom is 0.240 e. The molecule has 1 N–H and O–H groups in total. The number of halogens is 2. The van der Waals surface area contributed by atoms with Crippen molar-refractivity contribution in [3.8, 4) is 0 Å². The van der Waals surface area contributed by atoms with Gasteiger partial charge in [-0.2, -0.15) is 0 Å². The van der Waals surface area contributed by atoms with E-state index in [0.717, 1.165) is 24.1 Å². The third-order valence-electron chi connectivity index (χ3n) is 4.92. The van der Waals surface area contributed by atoms with E-state index >= 15 is 0 Å². The quantitative estimate of drug-likeness (QED) is 0.793. The number of rotatable bonds is 5. The Labute approximate surface area is 168 Å². The first kappa shape index (κ1) is 18.7. The summed E-state index contributed by atoms with van der Waals surface area (Å²) in [6.45, 7) is 0.684. The van der Waals surface area contributed by atoms with Crippen LogP contribution in [0.25, 0.3) is 0 Å². The summed E-state index contributed by atoms with van der Waals surface area (Å²) in [7, 11) is -3.69. The van der Waals surface area contributed by atoms with Crippen LogP contribution in [0.2, 0.25) is 10.0 Å². The number of anilines is 1. The summed E-state index contributed by atoms with van der Waals surface area (Å²) in [4.78, 5) is 14.3. The summed E-state index contributed by atoms with van der Waals surface area (Å²) >= 11 is 12.0. The summed E-state index contributed by atoms with van der Waals surface area (Å²) in [5, 5.41) is 0.906. The third-order valence-corrected chi connectivity index (χ3v) is 6.90. The smallest absolute Gasteiger partial charge is 0.240 e. The second kappa shape index (κ2) is 7.09. The zero-order valence-corrected chi connectivity index (χ0v) is 16.7. The minimum atomic E-state index is -3.69. The van der Waals surface area contributed by atoms with Crippen LogP contribution < -0.4 is 9.62 Å². The van der Waals surface area contributed by atoms with E-state index in [1.165, 1.54) is 0 Å². The SMILES string of the molecule is O=C(C1CC1)N1CCc2cc(S(=O)(=O)NCc3ccc(Cl)cc3Cl)ccc21. The molecule has 1 aliphatic heterocycles. The van der Waals surface area contributed by atoms with Crippen molar-refractivity contribution >= 4 is 44.8 Å². The van der Waals surface area contributed by atoms with Crippen LogP contribution in [0, 0.1) is 5.92 Å². The zero-order valence-electron chi connectivity index (χ0n) is 14.4. The molecule has 1 amide bonds. The molecule has 2 aromatic rings. The van der Waals surface area contributed by atoms with Gasteiger partial charge in [0.1, 0.15) is 0 Å². The number of carbonyl (C=O) groups excluding carboxylic acids is 1. The average molecular weight is 425 g/mol. The second-order valence-electron chi connectivity index (χ2n) is 6.86. The molecule has 2 aromatic carbocycles. The van der Waals surface area contributed by atoms with Gasteiger partial charge in [0.25, 0.3) is 0 Å². The van der Waals surface area contributed by atoms with E-state index in [1.807, 2.05) is 0 Å². The van der Waals surface area contributed by atoms with Gasteiger partial charge >= 0.3 is 0 Å². The minimum absolute atomic E-state index is 0.0711. The number of amides is 1. The molecule has 2 aliphatic rings. The van der Waals surface area contributed by atoms with Crippen molar-refractivity contribution < 1.29 is 13.2 Å². The molecule has 0 atom stereocenters. The lowest BCUT2D eigenvalue weighted by molar-refractivity contribution is -0.119. The van der Waals surface area contributed by atoms with E-state index in [9.17, 15) is 13.2 Å². The van der Waals surface area contributed by atoms with Gasteiger partial charge in [-0.15, -0.1) is 0 Å². The molecule has 0 spiro atoms. The lowest BCUT2D eigenvalue weighted by atomic mass is 10.2. The first-order chi connectivity index (χ1) is 12.8. The van der Waals surface area contributed by atoms with E-state index in [2.05, 4.69) is 4.72 Å². The number of benzene rings is 2. The molecule has 5 nitrogen and oxygen atoms in total. The van der Waals surface area contributed by atoms with Crippen LogP contribution in [-0.2, 0) is 27.8 Å². The lowest BCUT2D eigenvalue weighted by Crippen LogP contribution is -2.30. The number of nitrogens with zero attached hydrogens (tertiary/aromatic N) is 1. The standard InChI is InChI=1S/C19H18Cl2N2O3S/c20-15-4-3-14(17(21)10-15)11-22-27(25,26)16-5-6-18-13(9-16)7-8-23(18)19(24)12-1-2-12/h3-6,9-10,12,22H,1-2,7-8,11H2. The Kier molecular flexibility index (Phi) is 4.93. The summed E-state index contributed by atoms with van der Waals surface area (Å²) < 4.78 is 27.9. The Hall–Kier alpha value is -1.60. The monoisotopic (exact) mass is 424 g/mol. The van der Waals surface area contributed by atoms with Crippen LogP contribution >= 0.6 is 23.2 Å². The first-order valence-corrected chi connectivity index (χ1v) is 11.0. The topological polar surface area (TPSA) is 66.5 Å². The summed E-state index contributed by atoms with van der Waals surface area (Å²) in [6.07, 6.45) is 2.57. The van der Waals surface area contributed by atoms with Crippen LogP contribution in [0.4, 0.5) is 5.69 Å². The highest BCUT2D eigenvalue weighted by molar-refractivity contribution is 7.89. The summed E-state index contributed by atoms with van der Waals surface area (Å²) in [5.41, 5.74) is 2.36. The normalized spacial score (nSPS) is 16.4. The molecule has 0 saturated heterocycles. The molecule has 4 rings (SSSR count). The highest BCUT2D eigenvalue weighted by Gasteiger charge is 2.36. The van der Waals surface area contributed by atoms with Gasteiger partial charge in [0.05, 0.1) is 4.90 Å². The van der Waals surface area contributed by atoms with E-state index < -0.39 is 10.0 Å². The number of hydrogen-bond acceptors (Lipinski definition) is 3.